The molecule has 0 atom stereocenters. The summed E-state index contributed by atoms with van der Waals surface area (Å²) in [6.07, 6.45) is 1.79. The van der Waals surface area contributed by atoms with E-state index < -0.39 is 15.7 Å². The van der Waals surface area contributed by atoms with Crippen LogP contribution in [0.1, 0.15) is 29.3 Å². The normalized spacial score (nSPS) is 11.2. The molecular formula is C20H22Cl2N2O4S. The molecular weight excluding hydrogens is 435 g/mol. The van der Waals surface area contributed by atoms with Crippen LogP contribution >= 0.6 is 23.2 Å². The molecule has 9 heteroatoms. The lowest BCUT2D eigenvalue weighted by atomic mass is 10.1. The van der Waals surface area contributed by atoms with Crippen molar-refractivity contribution in [1.29, 1.82) is 0 Å². The van der Waals surface area contributed by atoms with Gasteiger partial charge in [-0.15, -0.1) is 0 Å². The maximum absolute atomic E-state index is 12.9. The van der Waals surface area contributed by atoms with E-state index in [-0.39, 0.29) is 18.2 Å². The standard InChI is InChI=1S/C20H22Cl2N2O4S/c1-3-9-24(12-19(25)23-18-8-7-16(21)11-17(18)22)20(26)15-6-4-5-14(10-15)13-29(2,27)28/h4-8,10-11H,3,9,12-13H2,1-2H3,(H,23,25). The van der Waals surface area contributed by atoms with Crippen molar-refractivity contribution in [3.05, 3.63) is 63.6 Å². The van der Waals surface area contributed by atoms with Crippen molar-refractivity contribution >= 4 is 50.5 Å². The van der Waals surface area contributed by atoms with E-state index in [1.54, 1.807) is 36.4 Å². The first-order valence-electron chi connectivity index (χ1n) is 8.90. The summed E-state index contributed by atoms with van der Waals surface area (Å²) < 4.78 is 23.0. The lowest BCUT2D eigenvalue weighted by Crippen LogP contribution is -2.38. The SMILES string of the molecule is CCCN(CC(=O)Nc1ccc(Cl)cc1Cl)C(=O)c1cccc(CS(C)(=O)=O)c1. The van der Waals surface area contributed by atoms with E-state index in [1.807, 2.05) is 6.92 Å². The highest BCUT2D eigenvalue weighted by Gasteiger charge is 2.19. The van der Waals surface area contributed by atoms with Gasteiger partial charge in [-0.05, 0) is 42.3 Å². The summed E-state index contributed by atoms with van der Waals surface area (Å²) in [7, 11) is -3.22. The molecule has 1 N–H and O–H groups in total. The first-order chi connectivity index (χ1) is 13.6. The first-order valence-corrected chi connectivity index (χ1v) is 11.7. The Morgan fingerprint density at radius 3 is 2.45 bits per heavy atom. The van der Waals surface area contributed by atoms with Crippen molar-refractivity contribution in [3.8, 4) is 0 Å². The highest BCUT2D eigenvalue weighted by atomic mass is 35.5. The number of anilines is 1. The number of sulfone groups is 1. The molecule has 6 nitrogen and oxygen atoms in total. The molecule has 0 unspecified atom stereocenters. The molecule has 0 saturated carbocycles. The van der Waals surface area contributed by atoms with Gasteiger partial charge in [0, 0.05) is 23.4 Å². The van der Waals surface area contributed by atoms with Crippen molar-refractivity contribution in [2.45, 2.75) is 19.1 Å². The fourth-order valence-electron chi connectivity index (χ4n) is 2.76. The van der Waals surface area contributed by atoms with Crippen LogP contribution in [0.4, 0.5) is 5.69 Å². The van der Waals surface area contributed by atoms with Crippen molar-refractivity contribution < 1.29 is 18.0 Å². The van der Waals surface area contributed by atoms with E-state index in [4.69, 9.17) is 23.2 Å². The summed E-state index contributed by atoms with van der Waals surface area (Å²) in [4.78, 5) is 26.8. The van der Waals surface area contributed by atoms with Crippen molar-refractivity contribution in [2.75, 3.05) is 24.7 Å². The molecule has 0 aliphatic heterocycles. The van der Waals surface area contributed by atoms with Crippen LogP contribution in [0.3, 0.4) is 0 Å². The summed E-state index contributed by atoms with van der Waals surface area (Å²) in [6.45, 7) is 2.10. The van der Waals surface area contributed by atoms with Crippen LogP contribution in [-0.4, -0.2) is 44.5 Å². The number of hydrogen-bond donors (Lipinski definition) is 1. The topological polar surface area (TPSA) is 83.6 Å². The molecule has 0 radical (unpaired) electrons. The van der Waals surface area contributed by atoms with Gasteiger partial charge in [-0.1, -0.05) is 42.3 Å². The van der Waals surface area contributed by atoms with E-state index in [0.29, 0.717) is 39.8 Å². The summed E-state index contributed by atoms with van der Waals surface area (Å²) in [5.74, 6) is -0.903. The number of hydrogen-bond acceptors (Lipinski definition) is 4. The number of rotatable bonds is 8. The molecule has 2 aromatic rings. The second kappa shape index (κ2) is 10.1. The Labute approximate surface area is 180 Å². The van der Waals surface area contributed by atoms with Gasteiger partial charge in [0.05, 0.1) is 16.5 Å². The molecule has 0 fully saturated rings. The Balaban J connectivity index is 2.14. The van der Waals surface area contributed by atoms with Gasteiger partial charge < -0.3 is 10.2 Å². The number of halogens is 2. The summed E-state index contributed by atoms with van der Waals surface area (Å²) in [5.41, 5.74) is 1.25. The van der Waals surface area contributed by atoms with Crippen LogP contribution < -0.4 is 5.32 Å². The Hall–Kier alpha value is -2.09. The van der Waals surface area contributed by atoms with Crippen LogP contribution in [0.25, 0.3) is 0 Å². The van der Waals surface area contributed by atoms with E-state index in [1.165, 1.54) is 11.0 Å². The smallest absolute Gasteiger partial charge is 0.254 e. The molecule has 2 rings (SSSR count). The van der Waals surface area contributed by atoms with Gasteiger partial charge >= 0.3 is 0 Å². The predicted octanol–water partition coefficient (Wildman–Crippen LogP) is 4.03. The Morgan fingerprint density at radius 2 is 1.83 bits per heavy atom. The highest BCUT2D eigenvalue weighted by molar-refractivity contribution is 7.89. The monoisotopic (exact) mass is 456 g/mol. The largest absolute Gasteiger partial charge is 0.329 e. The molecule has 29 heavy (non-hydrogen) atoms. The average molecular weight is 457 g/mol. The van der Waals surface area contributed by atoms with E-state index >= 15 is 0 Å². The minimum absolute atomic E-state index is 0.155. The zero-order valence-corrected chi connectivity index (χ0v) is 18.4. The molecule has 0 bridgehead atoms. The van der Waals surface area contributed by atoms with Gasteiger partial charge in [0.25, 0.3) is 5.91 Å². The summed E-state index contributed by atoms with van der Waals surface area (Å²) in [6, 6.07) is 11.1. The second-order valence-corrected chi connectivity index (χ2v) is 9.65. The van der Waals surface area contributed by atoms with E-state index in [9.17, 15) is 18.0 Å². The molecule has 0 aliphatic carbocycles. The van der Waals surface area contributed by atoms with Gasteiger partial charge in [-0.3, -0.25) is 9.59 Å². The number of benzene rings is 2. The zero-order chi connectivity index (χ0) is 21.6. The molecule has 2 amide bonds. The van der Waals surface area contributed by atoms with Crippen LogP contribution in [0, 0.1) is 0 Å². The second-order valence-electron chi connectivity index (χ2n) is 6.67. The van der Waals surface area contributed by atoms with Crippen LogP contribution in [0.5, 0.6) is 0 Å². The van der Waals surface area contributed by atoms with Gasteiger partial charge in [-0.2, -0.15) is 0 Å². The summed E-state index contributed by atoms with van der Waals surface area (Å²) >= 11 is 11.9. The molecule has 0 saturated heterocycles. The molecule has 0 aromatic heterocycles. The maximum Gasteiger partial charge on any atom is 0.254 e. The van der Waals surface area contributed by atoms with Gasteiger partial charge in [-0.25, -0.2) is 8.42 Å². The lowest BCUT2D eigenvalue weighted by molar-refractivity contribution is -0.116. The Bertz CT molecular complexity index is 1010. The minimum atomic E-state index is -3.22. The molecule has 0 aliphatic rings. The van der Waals surface area contributed by atoms with Crippen LogP contribution in [-0.2, 0) is 20.4 Å². The van der Waals surface area contributed by atoms with Crippen molar-refractivity contribution in [1.82, 2.24) is 4.90 Å². The van der Waals surface area contributed by atoms with Gasteiger partial charge in [0.1, 0.15) is 6.54 Å². The third kappa shape index (κ3) is 7.34. The van der Waals surface area contributed by atoms with Crippen LogP contribution in [0.15, 0.2) is 42.5 Å². The third-order valence-corrected chi connectivity index (χ3v) is 5.33. The Kier molecular flexibility index (Phi) is 8.07. The first kappa shape index (κ1) is 23.2. The lowest BCUT2D eigenvalue weighted by Gasteiger charge is -2.22. The quantitative estimate of drug-likeness (QED) is 0.649. The van der Waals surface area contributed by atoms with Crippen LogP contribution in [0.2, 0.25) is 10.0 Å². The molecule has 2 aromatic carbocycles. The van der Waals surface area contributed by atoms with E-state index in [0.717, 1.165) is 6.26 Å². The summed E-state index contributed by atoms with van der Waals surface area (Å²) in [5, 5.41) is 3.42. The fourth-order valence-corrected chi connectivity index (χ4v) is 4.00. The zero-order valence-electron chi connectivity index (χ0n) is 16.1. The van der Waals surface area contributed by atoms with Gasteiger partial charge in [0.15, 0.2) is 9.84 Å². The molecule has 0 heterocycles. The van der Waals surface area contributed by atoms with Crippen molar-refractivity contribution in [2.24, 2.45) is 0 Å². The van der Waals surface area contributed by atoms with Crippen molar-refractivity contribution in [3.63, 3.8) is 0 Å². The number of nitrogens with zero attached hydrogens (tertiary/aromatic N) is 1. The third-order valence-electron chi connectivity index (χ3n) is 3.92. The highest BCUT2D eigenvalue weighted by Crippen LogP contribution is 2.25. The number of amides is 2. The molecule has 156 valence electrons. The number of carbonyl (C=O) groups excluding carboxylic acids is 2. The number of nitrogens with one attached hydrogen (secondary N) is 1. The van der Waals surface area contributed by atoms with Gasteiger partial charge in [0.2, 0.25) is 5.91 Å². The average Bonchev–Trinajstić information content (AvgIpc) is 2.62. The molecule has 0 spiro atoms. The minimum Gasteiger partial charge on any atom is -0.329 e. The fraction of sp³-hybridized carbons (Fsp3) is 0.300. The Morgan fingerprint density at radius 1 is 1.10 bits per heavy atom. The number of carbonyl (C=O) groups is 2. The predicted molar refractivity (Wildman–Crippen MR) is 116 cm³/mol. The maximum atomic E-state index is 12.9. The van der Waals surface area contributed by atoms with E-state index in [2.05, 4.69) is 5.32 Å².